The highest BCUT2D eigenvalue weighted by Gasteiger charge is 2.33. The average Bonchev–Trinajstić information content (AvgIpc) is 2.68. The van der Waals surface area contributed by atoms with E-state index < -0.39 is 15.6 Å². The lowest BCUT2D eigenvalue weighted by molar-refractivity contribution is 0.0263. The second kappa shape index (κ2) is 5.68. The van der Waals surface area contributed by atoms with E-state index in [1.165, 1.54) is 4.31 Å². The monoisotopic (exact) mass is 316 g/mol. The molecule has 0 unspecified atom stereocenters. The molecule has 0 bridgehead atoms. The number of hydrogen-bond acceptors (Lipinski definition) is 5. The van der Waals surface area contributed by atoms with Crippen LogP contribution in [0.1, 0.15) is 25.2 Å². The summed E-state index contributed by atoms with van der Waals surface area (Å²) in [6, 6.07) is 0. The van der Waals surface area contributed by atoms with Crippen LogP contribution in [0.4, 0.5) is 0 Å². The molecule has 120 valence electrons. The Hall–Kier alpha value is -0.960. The lowest BCUT2D eigenvalue weighted by atomic mass is 10.1. The summed E-state index contributed by atoms with van der Waals surface area (Å²) in [7, 11) is -3.50. The van der Waals surface area contributed by atoms with Crippen LogP contribution in [-0.4, -0.2) is 71.3 Å². The summed E-state index contributed by atoms with van der Waals surface area (Å²) in [5, 5.41) is 16.5. The highest BCUT2D eigenvalue weighted by Crippen LogP contribution is 2.23. The van der Waals surface area contributed by atoms with Crippen molar-refractivity contribution >= 4 is 10.0 Å². The number of sulfonamides is 1. The predicted octanol–water partition coefficient (Wildman–Crippen LogP) is 0.104. The van der Waals surface area contributed by atoms with Gasteiger partial charge in [0, 0.05) is 32.7 Å². The first-order chi connectivity index (χ1) is 9.61. The third kappa shape index (κ3) is 3.63. The number of aromatic amines is 1. The maximum Gasteiger partial charge on any atom is 0.246 e. The van der Waals surface area contributed by atoms with Crippen molar-refractivity contribution in [1.82, 2.24) is 19.4 Å². The Kier molecular flexibility index (Phi) is 4.44. The summed E-state index contributed by atoms with van der Waals surface area (Å²) in [6.07, 6.45) is 0. The summed E-state index contributed by atoms with van der Waals surface area (Å²) in [4.78, 5) is 2.37. The quantitative estimate of drug-likeness (QED) is 0.822. The fraction of sp³-hybridized carbons (Fsp3) is 0.769. The lowest BCUT2D eigenvalue weighted by Crippen LogP contribution is -2.51. The Labute approximate surface area is 126 Å². The minimum absolute atomic E-state index is 0.290. The summed E-state index contributed by atoms with van der Waals surface area (Å²) in [5.74, 6) is 0. The summed E-state index contributed by atoms with van der Waals surface area (Å²) in [5.41, 5.74) is 0.316. The molecule has 1 aliphatic rings. The van der Waals surface area contributed by atoms with Gasteiger partial charge in [-0.3, -0.25) is 10.00 Å². The van der Waals surface area contributed by atoms with Gasteiger partial charge in [0.15, 0.2) is 0 Å². The minimum Gasteiger partial charge on any atom is -0.389 e. The van der Waals surface area contributed by atoms with Crippen LogP contribution in [0.15, 0.2) is 4.90 Å². The third-order valence-electron chi connectivity index (χ3n) is 3.60. The number of hydrogen-bond donors (Lipinski definition) is 2. The average molecular weight is 316 g/mol. The van der Waals surface area contributed by atoms with Crippen molar-refractivity contribution in [3.63, 3.8) is 0 Å². The smallest absolute Gasteiger partial charge is 0.246 e. The second-order valence-electron chi connectivity index (χ2n) is 6.26. The molecule has 2 N–H and O–H groups in total. The first-order valence-electron chi connectivity index (χ1n) is 7.08. The molecule has 2 rings (SSSR count). The molecule has 0 saturated carbocycles. The van der Waals surface area contributed by atoms with E-state index in [1.807, 2.05) is 0 Å². The molecule has 0 radical (unpaired) electrons. The van der Waals surface area contributed by atoms with E-state index in [1.54, 1.807) is 27.7 Å². The van der Waals surface area contributed by atoms with Gasteiger partial charge < -0.3 is 5.11 Å². The number of piperazine rings is 1. The number of aromatic nitrogens is 2. The van der Waals surface area contributed by atoms with Crippen LogP contribution in [0.3, 0.4) is 0 Å². The number of rotatable bonds is 4. The van der Waals surface area contributed by atoms with Crippen molar-refractivity contribution in [1.29, 1.82) is 0 Å². The van der Waals surface area contributed by atoms with Gasteiger partial charge in [-0.25, -0.2) is 8.42 Å². The highest BCUT2D eigenvalue weighted by atomic mass is 32.2. The first-order valence-corrected chi connectivity index (χ1v) is 8.52. The number of β-amino-alcohol motifs (C(OH)–C–C–N with tert-alkyl or cyclic N) is 1. The fourth-order valence-electron chi connectivity index (χ4n) is 2.73. The zero-order chi connectivity index (χ0) is 15.8. The van der Waals surface area contributed by atoms with Crippen LogP contribution < -0.4 is 0 Å². The molecule has 1 aromatic heterocycles. The van der Waals surface area contributed by atoms with Gasteiger partial charge in [0.2, 0.25) is 10.0 Å². The molecule has 1 aliphatic heterocycles. The second-order valence-corrected chi connectivity index (χ2v) is 8.13. The summed E-state index contributed by atoms with van der Waals surface area (Å²) in [6.45, 7) is 9.59. The van der Waals surface area contributed by atoms with E-state index >= 15 is 0 Å². The molecule has 21 heavy (non-hydrogen) atoms. The topological polar surface area (TPSA) is 89.5 Å². The normalized spacial score (nSPS) is 19.1. The zero-order valence-electron chi connectivity index (χ0n) is 13.0. The van der Waals surface area contributed by atoms with Crippen LogP contribution in [0.2, 0.25) is 0 Å². The molecule has 1 aromatic rings. The van der Waals surface area contributed by atoms with Crippen molar-refractivity contribution in [2.24, 2.45) is 0 Å². The Balaban J connectivity index is 2.08. The summed E-state index contributed by atoms with van der Waals surface area (Å²) < 4.78 is 26.9. The molecule has 1 saturated heterocycles. The third-order valence-corrected chi connectivity index (χ3v) is 5.76. The molecule has 0 spiro atoms. The van der Waals surface area contributed by atoms with Gasteiger partial charge >= 0.3 is 0 Å². The highest BCUT2D eigenvalue weighted by molar-refractivity contribution is 7.89. The molecular weight excluding hydrogens is 292 g/mol. The molecule has 0 aromatic carbocycles. The predicted molar refractivity (Wildman–Crippen MR) is 79.6 cm³/mol. The molecule has 0 amide bonds. The molecule has 8 heteroatoms. The number of nitrogens with one attached hydrogen (secondary N) is 1. The van der Waals surface area contributed by atoms with E-state index in [0.29, 0.717) is 49.0 Å². The van der Waals surface area contributed by atoms with Crippen molar-refractivity contribution in [2.75, 3.05) is 32.7 Å². The van der Waals surface area contributed by atoms with E-state index in [2.05, 4.69) is 15.1 Å². The van der Waals surface area contributed by atoms with Gasteiger partial charge in [-0.1, -0.05) is 0 Å². The molecule has 1 fully saturated rings. The van der Waals surface area contributed by atoms with E-state index in [-0.39, 0.29) is 0 Å². The van der Waals surface area contributed by atoms with Crippen LogP contribution in [0.5, 0.6) is 0 Å². The van der Waals surface area contributed by atoms with Gasteiger partial charge in [-0.2, -0.15) is 9.40 Å². The first kappa shape index (κ1) is 16.4. The van der Waals surface area contributed by atoms with Crippen LogP contribution >= 0.6 is 0 Å². The van der Waals surface area contributed by atoms with E-state index in [0.717, 1.165) is 0 Å². The van der Waals surface area contributed by atoms with E-state index in [9.17, 15) is 13.5 Å². The van der Waals surface area contributed by atoms with E-state index in [4.69, 9.17) is 0 Å². The Morgan fingerprint density at radius 3 is 2.24 bits per heavy atom. The lowest BCUT2D eigenvalue weighted by Gasteiger charge is -2.36. The Bertz CT molecular complexity index is 576. The number of aliphatic hydroxyl groups is 1. The minimum atomic E-state index is -3.50. The fourth-order valence-corrected chi connectivity index (χ4v) is 4.48. The number of H-pyrrole nitrogens is 1. The largest absolute Gasteiger partial charge is 0.389 e. The molecule has 2 heterocycles. The van der Waals surface area contributed by atoms with Crippen LogP contribution in [0, 0.1) is 13.8 Å². The number of nitrogens with zero attached hydrogens (tertiary/aromatic N) is 3. The maximum absolute atomic E-state index is 12.7. The summed E-state index contributed by atoms with van der Waals surface area (Å²) >= 11 is 0. The van der Waals surface area contributed by atoms with Crippen molar-refractivity contribution in [3.05, 3.63) is 11.4 Å². The van der Waals surface area contributed by atoms with Crippen molar-refractivity contribution < 1.29 is 13.5 Å². The van der Waals surface area contributed by atoms with Crippen LogP contribution in [0.25, 0.3) is 0 Å². The van der Waals surface area contributed by atoms with Gasteiger partial charge in [0.05, 0.1) is 17.0 Å². The number of aryl methyl sites for hydroxylation is 2. The van der Waals surface area contributed by atoms with Gasteiger partial charge in [-0.15, -0.1) is 0 Å². The standard InChI is InChI=1S/C13H24N4O3S/c1-10-12(11(2)15-14-10)21(19,20)17-7-5-16(6-8-17)9-13(3,4)18/h18H,5-9H2,1-4H3,(H,14,15). The van der Waals surface area contributed by atoms with Gasteiger partial charge in [-0.05, 0) is 27.7 Å². The molecular formula is C13H24N4O3S. The maximum atomic E-state index is 12.7. The molecule has 0 aliphatic carbocycles. The van der Waals surface area contributed by atoms with Gasteiger partial charge in [0.1, 0.15) is 4.90 Å². The Morgan fingerprint density at radius 2 is 1.81 bits per heavy atom. The molecule has 7 nitrogen and oxygen atoms in total. The zero-order valence-corrected chi connectivity index (χ0v) is 13.9. The van der Waals surface area contributed by atoms with Crippen molar-refractivity contribution in [3.8, 4) is 0 Å². The van der Waals surface area contributed by atoms with Crippen LogP contribution in [-0.2, 0) is 10.0 Å². The van der Waals surface area contributed by atoms with Gasteiger partial charge in [0.25, 0.3) is 0 Å². The molecule has 0 atom stereocenters. The Morgan fingerprint density at radius 1 is 1.24 bits per heavy atom. The SMILES string of the molecule is Cc1n[nH]c(C)c1S(=O)(=O)N1CCN(CC(C)(C)O)CC1. The van der Waals surface area contributed by atoms with Crippen molar-refractivity contribution in [2.45, 2.75) is 38.2 Å².